The number of nitrogens with one attached hydrogen (secondary N) is 2. The Balaban J connectivity index is 1.48. The molecule has 1 aromatic heterocycles. The van der Waals surface area contributed by atoms with E-state index in [1.54, 1.807) is 6.92 Å². The molecule has 1 amide bonds. The number of nitrogens with zero attached hydrogens (tertiary/aromatic N) is 1. The molecule has 0 saturated carbocycles. The molecule has 0 saturated heterocycles. The summed E-state index contributed by atoms with van der Waals surface area (Å²) in [4.78, 5) is 12.6. The van der Waals surface area contributed by atoms with Crippen molar-refractivity contribution in [1.82, 2.24) is 5.16 Å². The van der Waals surface area contributed by atoms with E-state index in [0.29, 0.717) is 35.0 Å². The minimum atomic E-state index is -0.395. The molecule has 27 heavy (non-hydrogen) atoms. The molecule has 0 radical (unpaired) electrons. The van der Waals surface area contributed by atoms with Gasteiger partial charge in [-0.1, -0.05) is 11.2 Å². The summed E-state index contributed by atoms with van der Waals surface area (Å²) in [5.41, 5.74) is 2.14. The van der Waals surface area contributed by atoms with Crippen molar-refractivity contribution in [2.45, 2.75) is 13.5 Å². The van der Waals surface area contributed by atoms with E-state index < -0.39 is 5.91 Å². The number of carbonyl (C=O) groups is 1. The van der Waals surface area contributed by atoms with Gasteiger partial charge in [-0.2, -0.15) is 0 Å². The molecule has 1 aliphatic heterocycles. The van der Waals surface area contributed by atoms with Gasteiger partial charge in [0.05, 0.1) is 5.69 Å². The number of rotatable bonds is 5. The molecule has 138 valence electrons. The molecule has 4 rings (SSSR count). The van der Waals surface area contributed by atoms with Crippen molar-refractivity contribution in [3.63, 3.8) is 0 Å². The highest BCUT2D eigenvalue weighted by molar-refractivity contribution is 6.08. The van der Waals surface area contributed by atoms with Crippen LogP contribution >= 0.6 is 0 Å². The summed E-state index contributed by atoms with van der Waals surface area (Å²) in [6.45, 7) is 2.29. The third-order valence-corrected chi connectivity index (χ3v) is 4.08. The van der Waals surface area contributed by atoms with Crippen molar-refractivity contribution in [3.05, 3.63) is 65.1 Å². The first-order valence-corrected chi connectivity index (χ1v) is 8.26. The first kappa shape index (κ1) is 16.9. The Bertz CT molecular complexity index is 985. The molecule has 0 fully saturated rings. The van der Waals surface area contributed by atoms with Crippen LogP contribution in [0.15, 0.2) is 47.0 Å². The Morgan fingerprint density at radius 3 is 2.74 bits per heavy atom. The molecule has 8 heteroatoms. The number of aromatic nitrogens is 1. The second kappa shape index (κ2) is 6.99. The van der Waals surface area contributed by atoms with Gasteiger partial charge in [0.2, 0.25) is 12.7 Å². The number of carbonyl (C=O) groups excluding carboxylic acids is 1. The number of amides is 1. The van der Waals surface area contributed by atoms with Crippen molar-refractivity contribution in [1.29, 1.82) is 0 Å². The summed E-state index contributed by atoms with van der Waals surface area (Å²) in [7, 11) is 0. The van der Waals surface area contributed by atoms with Crippen molar-refractivity contribution in [2.24, 2.45) is 0 Å². The third kappa shape index (κ3) is 3.55. The lowest BCUT2D eigenvalue weighted by molar-refractivity contribution is 0.102. The molecule has 0 bridgehead atoms. The summed E-state index contributed by atoms with van der Waals surface area (Å²) >= 11 is 0. The lowest BCUT2D eigenvalue weighted by Gasteiger charge is -2.08. The first-order valence-electron chi connectivity index (χ1n) is 8.26. The van der Waals surface area contributed by atoms with Gasteiger partial charge in [0.1, 0.15) is 11.4 Å². The predicted octanol–water partition coefficient (Wildman–Crippen LogP) is 3.72. The molecule has 0 unspecified atom stereocenters. The molecular weight excluding hydrogens is 353 g/mol. The van der Waals surface area contributed by atoms with Crippen LogP contribution in [0.4, 0.5) is 16.0 Å². The molecular formula is C19H16FN3O4. The van der Waals surface area contributed by atoms with E-state index in [1.165, 1.54) is 24.3 Å². The molecule has 2 heterocycles. The van der Waals surface area contributed by atoms with Gasteiger partial charge in [-0.25, -0.2) is 4.39 Å². The highest BCUT2D eigenvalue weighted by Gasteiger charge is 2.21. The minimum Gasteiger partial charge on any atom is -0.454 e. The summed E-state index contributed by atoms with van der Waals surface area (Å²) in [6.07, 6.45) is 0. The SMILES string of the molecule is Cc1noc(NCc2ccc3c(c2)OCO3)c1C(=O)Nc1ccc(F)cc1. The summed E-state index contributed by atoms with van der Waals surface area (Å²) < 4.78 is 28.9. The van der Waals surface area contributed by atoms with Crippen molar-refractivity contribution >= 4 is 17.5 Å². The Hall–Kier alpha value is -3.55. The topological polar surface area (TPSA) is 85.6 Å². The van der Waals surface area contributed by atoms with Crippen LogP contribution in [-0.4, -0.2) is 17.9 Å². The third-order valence-electron chi connectivity index (χ3n) is 4.08. The minimum absolute atomic E-state index is 0.210. The predicted molar refractivity (Wildman–Crippen MR) is 95.5 cm³/mol. The van der Waals surface area contributed by atoms with Crippen molar-refractivity contribution in [3.8, 4) is 11.5 Å². The Morgan fingerprint density at radius 1 is 1.15 bits per heavy atom. The summed E-state index contributed by atoms with van der Waals surface area (Å²) in [5, 5.41) is 9.63. The first-order chi connectivity index (χ1) is 13.1. The molecule has 1 aliphatic rings. The van der Waals surface area contributed by atoms with E-state index in [-0.39, 0.29) is 18.5 Å². The fourth-order valence-electron chi connectivity index (χ4n) is 2.72. The number of benzene rings is 2. The van der Waals surface area contributed by atoms with Crippen LogP contribution in [0.3, 0.4) is 0 Å². The van der Waals surface area contributed by atoms with E-state index >= 15 is 0 Å². The second-order valence-corrected chi connectivity index (χ2v) is 5.97. The van der Waals surface area contributed by atoms with Gasteiger partial charge in [0.15, 0.2) is 11.5 Å². The maximum Gasteiger partial charge on any atom is 0.263 e. The summed E-state index contributed by atoms with van der Waals surface area (Å²) in [5.74, 6) is 0.865. The Kier molecular flexibility index (Phi) is 4.37. The van der Waals surface area contributed by atoms with E-state index in [2.05, 4.69) is 15.8 Å². The van der Waals surface area contributed by atoms with Crippen LogP contribution in [0.25, 0.3) is 0 Å². The van der Waals surface area contributed by atoms with Gasteiger partial charge in [-0.05, 0) is 48.9 Å². The number of hydrogen-bond acceptors (Lipinski definition) is 6. The van der Waals surface area contributed by atoms with Crippen LogP contribution < -0.4 is 20.1 Å². The highest BCUT2D eigenvalue weighted by Crippen LogP contribution is 2.33. The number of halogens is 1. The van der Waals surface area contributed by atoms with Crippen LogP contribution in [0.2, 0.25) is 0 Å². The average Bonchev–Trinajstić information content (AvgIpc) is 3.27. The molecule has 2 N–H and O–H groups in total. The number of hydrogen-bond donors (Lipinski definition) is 2. The average molecular weight is 369 g/mol. The standard InChI is InChI=1S/C19H16FN3O4/c1-11-17(18(24)22-14-5-3-13(20)4-6-14)19(27-23-11)21-9-12-2-7-15-16(8-12)26-10-25-15/h2-8,21H,9-10H2,1H3,(H,22,24). The quantitative estimate of drug-likeness (QED) is 0.713. The lowest BCUT2D eigenvalue weighted by atomic mass is 10.2. The second-order valence-electron chi connectivity index (χ2n) is 5.97. The van der Waals surface area contributed by atoms with Gasteiger partial charge >= 0.3 is 0 Å². The monoisotopic (exact) mass is 369 g/mol. The Morgan fingerprint density at radius 2 is 1.93 bits per heavy atom. The zero-order chi connectivity index (χ0) is 18.8. The number of fused-ring (bicyclic) bond motifs is 1. The largest absolute Gasteiger partial charge is 0.454 e. The maximum atomic E-state index is 13.0. The van der Waals surface area contributed by atoms with E-state index in [1.807, 2.05) is 18.2 Å². The molecule has 3 aromatic rings. The maximum absolute atomic E-state index is 13.0. The van der Waals surface area contributed by atoms with Gasteiger partial charge in [0.25, 0.3) is 5.91 Å². The van der Waals surface area contributed by atoms with Crippen LogP contribution in [0.1, 0.15) is 21.6 Å². The molecule has 0 aliphatic carbocycles. The van der Waals surface area contributed by atoms with Crippen LogP contribution in [-0.2, 0) is 6.54 Å². The van der Waals surface area contributed by atoms with Crippen LogP contribution in [0.5, 0.6) is 11.5 Å². The molecule has 0 atom stereocenters. The number of ether oxygens (including phenoxy) is 2. The summed E-state index contributed by atoms with van der Waals surface area (Å²) in [6, 6.07) is 11.1. The van der Waals surface area contributed by atoms with Gasteiger partial charge in [0, 0.05) is 12.2 Å². The fraction of sp³-hybridized carbons (Fsp3) is 0.158. The Labute approximate surface area is 154 Å². The molecule has 7 nitrogen and oxygen atoms in total. The normalized spacial score (nSPS) is 12.1. The van der Waals surface area contributed by atoms with Gasteiger partial charge in [-0.15, -0.1) is 0 Å². The zero-order valence-corrected chi connectivity index (χ0v) is 14.4. The smallest absolute Gasteiger partial charge is 0.263 e. The highest BCUT2D eigenvalue weighted by atomic mass is 19.1. The fourth-order valence-corrected chi connectivity index (χ4v) is 2.72. The van der Waals surface area contributed by atoms with Crippen molar-refractivity contribution < 1.29 is 23.2 Å². The molecule has 0 spiro atoms. The molecule has 2 aromatic carbocycles. The number of anilines is 2. The van der Waals surface area contributed by atoms with Gasteiger partial charge < -0.3 is 24.6 Å². The zero-order valence-electron chi connectivity index (χ0n) is 14.4. The van der Waals surface area contributed by atoms with Gasteiger partial charge in [-0.3, -0.25) is 4.79 Å². The lowest BCUT2D eigenvalue weighted by Crippen LogP contribution is -2.14. The number of aryl methyl sites for hydroxylation is 1. The van der Waals surface area contributed by atoms with Crippen LogP contribution in [0, 0.1) is 12.7 Å². The van der Waals surface area contributed by atoms with E-state index in [4.69, 9.17) is 14.0 Å². The van der Waals surface area contributed by atoms with E-state index in [0.717, 1.165) is 5.56 Å². The van der Waals surface area contributed by atoms with E-state index in [9.17, 15) is 9.18 Å². The van der Waals surface area contributed by atoms with Crippen molar-refractivity contribution in [2.75, 3.05) is 17.4 Å².